The molecule has 6 heteroatoms. The molecule has 2 aliphatic carbocycles. The SMILES string of the molecule is CCO[C@H]1C[C@@H](OC(=O)c2csc(-c3ccoc3)n2)C12CCC2. The van der Waals surface area contributed by atoms with Crippen LogP contribution in [0.2, 0.25) is 0 Å². The molecule has 0 bridgehead atoms. The van der Waals surface area contributed by atoms with E-state index < -0.39 is 0 Å². The maximum absolute atomic E-state index is 12.4. The van der Waals surface area contributed by atoms with E-state index in [1.165, 1.54) is 17.8 Å². The molecule has 2 atom stereocenters. The highest BCUT2D eigenvalue weighted by Crippen LogP contribution is 2.58. The Bertz CT molecular complexity index is 689. The Labute approximate surface area is 138 Å². The van der Waals surface area contributed by atoms with E-state index in [0.717, 1.165) is 29.8 Å². The molecule has 0 amide bonds. The molecule has 2 aliphatic rings. The van der Waals surface area contributed by atoms with Crippen LogP contribution in [0.15, 0.2) is 28.4 Å². The lowest BCUT2D eigenvalue weighted by molar-refractivity contribution is -0.225. The van der Waals surface area contributed by atoms with Crippen molar-refractivity contribution >= 4 is 17.3 Å². The maximum atomic E-state index is 12.4. The Morgan fingerprint density at radius 1 is 1.48 bits per heavy atom. The first-order chi connectivity index (χ1) is 11.2. The number of esters is 1. The summed E-state index contributed by atoms with van der Waals surface area (Å²) in [7, 11) is 0. The molecule has 2 aromatic rings. The van der Waals surface area contributed by atoms with E-state index in [2.05, 4.69) is 4.98 Å². The average Bonchev–Trinajstić information content (AvgIpc) is 3.14. The number of aromatic nitrogens is 1. The topological polar surface area (TPSA) is 61.6 Å². The number of carbonyl (C=O) groups is 1. The Hall–Kier alpha value is -1.66. The van der Waals surface area contributed by atoms with Gasteiger partial charge in [0.25, 0.3) is 0 Å². The average molecular weight is 333 g/mol. The summed E-state index contributed by atoms with van der Waals surface area (Å²) in [6.45, 7) is 2.73. The van der Waals surface area contributed by atoms with Gasteiger partial charge in [0.1, 0.15) is 17.4 Å². The minimum Gasteiger partial charge on any atom is -0.472 e. The van der Waals surface area contributed by atoms with E-state index >= 15 is 0 Å². The second-order valence-corrected chi connectivity index (χ2v) is 7.07. The van der Waals surface area contributed by atoms with Crippen LogP contribution in [0.1, 0.15) is 43.1 Å². The number of hydrogen-bond acceptors (Lipinski definition) is 6. The number of rotatable bonds is 5. The van der Waals surface area contributed by atoms with E-state index in [0.29, 0.717) is 12.3 Å². The maximum Gasteiger partial charge on any atom is 0.358 e. The zero-order valence-corrected chi connectivity index (χ0v) is 13.8. The first kappa shape index (κ1) is 14.9. The standard InChI is InChI=1S/C17H19NO4S/c1-2-21-13-8-14(17(13)5-3-6-17)22-16(19)12-10-23-15(18-12)11-4-7-20-9-11/h4,7,9-10,13-14H,2-3,5-6,8H2,1H3/t13-,14+/m0/s1. The highest BCUT2D eigenvalue weighted by atomic mass is 32.1. The van der Waals surface area contributed by atoms with Gasteiger partial charge in [-0.1, -0.05) is 6.42 Å². The molecule has 2 heterocycles. The summed E-state index contributed by atoms with van der Waals surface area (Å²) in [6.07, 6.45) is 7.61. The third kappa shape index (κ3) is 2.40. The molecule has 0 aliphatic heterocycles. The summed E-state index contributed by atoms with van der Waals surface area (Å²) in [6, 6.07) is 1.83. The number of hydrogen-bond donors (Lipinski definition) is 0. The molecule has 0 radical (unpaired) electrons. The molecular formula is C17H19NO4S. The van der Waals surface area contributed by atoms with Crippen LogP contribution in [0, 0.1) is 5.41 Å². The number of furan rings is 1. The second kappa shape index (κ2) is 5.76. The van der Waals surface area contributed by atoms with E-state index in [1.807, 2.05) is 13.0 Å². The third-order valence-electron chi connectivity index (χ3n) is 5.09. The molecule has 0 saturated heterocycles. The largest absolute Gasteiger partial charge is 0.472 e. The van der Waals surface area contributed by atoms with Gasteiger partial charge in [-0.3, -0.25) is 0 Å². The van der Waals surface area contributed by atoms with Gasteiger partial charge in [-0.15, -0.1) is 11.3 Å². The third-order valence-corrected chi connectivity index (χ3v) is 5.99. The van der Waals surface area contributed by atoms with Crippen molar-refractivity contribution in [2.45, 2.75) is 44.8 Å². The molecule has 0 unspecified atom stereocenters. The van der Waals surface area contributed by atoms with Crippen molar-refractivity contribution < 1.29 is 18.7 Å². The van der Waals surface area contributed by atoms with Crippen LogP contribution in [0.25, 0.3) is 10.6 Å². The van der Waals surface area contributed by atoms with Crippen LogP contribution in [-0.2, 0) is 9.47 Å². The summed E-state index contributed by atoms with van der Waals surface area (Å²) in [5.74, 6) is -0.331. The van der Waals surface area contributed by atoms with Gasteiger partial charge < -0.3 is 13.9 Å². The summed E-state index contributed by atoms with van der Waals surface area (Å²) in [5.41, 5.74) is 1.32. The second-order valence-electron chi connectivity index (χ2n) is 6.21. The van der Waals surface area contributed by atoms with Crippen LogP contribution >= 0.6 is 11.3 Å². The normalized spacial score (nSPS) is 24.9. The van der Waals surface area contributed by atoms with Crippen LogP contribution in [-0.4, -0.2) is 29.8 Å². The molecule has 2 saturated carbocycles. The van der Waals surface area contributed by atoms with Gasteiger partial charge in [-0.25, -0.2) is 9.78 Å². The summed E-state index contributed by atoms with van der Waals surface area (Å²) >= 11 is 1.42. The van der Waals surface area contributed by atoms with Gasteiger partial charge >= 0.3 is 5.97 Å². The molecule has 0 aromatic carbocycles. The van der Waals surface area contributed by atoms with Gasteiger partial charge in [-0.2, -0.15) is 0 Å². The fraction of sp³-hybridized carbons (Fsp3) is 0.529. The molecule has 5 nitrogen and oxygen atoms in total. The molecule has 2 fully saturated rings. The van der Waals surface area contributed by atoms with Crippen LogP contribution in [0.5, 0.6) is 0 Å². The number of thiazole rings is 1. The number of ether oxygens (including phenoxy) is 2. The lowest BCUT2D eigenvalue weighted by Gasteiger charge is -2.59. The Morgan fingerprint density at radius 2 is 2.35 bits per heavy atom. The minimum absolute atomic E-state index is 0.0284. The summed E-state index contributed by atoms with van der Waals surface area (Å²) in [5, 5.41) is 2.52. The lowest BCUT2D eigenvalue weighted by atomic mass is 9.52. The van der Waals surface area contributed by atoms with Crippen LogP contribution in [0.4, 0.5) is 0 Å². The van der Waals surface area contributed by atoms with Gasteiger partial charge in [0, 0.05) is 29.4 Å². The van der Waals surface area contributed by atoms with Crippen molar-refractivity contribution in [3.63, 3.8) is 0 Å². The predicted octanol–water partition coefficient (Wildman–Crippen LogP) is 3.91. The highest BCUT2D eigenvalue weighted by Gasteiger charge is 2.61. The fourth-order valence-corrected chi connectivity index (χ4v) is 4.39. The summed E-state index contributed by atoms with van der Waals surface area (Å²) < 4.78 is 16.6. The van der Waals surface area contributed by atoms with Gasteiger partial charge in [0.05, 0.1) is 12.4 Å². The molecule has 0 N–H and O–H groups in total. The quantitative estimate of drug-likeness (QED) is 0.776. The van der Waals surface area contributed by atoms with Gasteiger partial charge in [0.2, 0.25) is 0 Å². The van der Waals surface area contributed by atoms with Crippen molar-refractivity contribution in [1.82, 2.24) is 4.98 Å². The number of nitrogens with zero attached hydrogens (tertiary/aromatic N) is 1. The van der Waals surface area contributed by atoms with Crippen molar-refractivity contribution in [3.05, 3.63) is 29.7 Å². The van der Waals surface area contributed by atoms with Crippen molar-refractivity contribution in [2.75, 3.05) is 6.61 Å². The highest BCUT2D eigenvalue weighted by molar-refractivity contribution is 7.13. The molecule has 2 aromatic heterocycles. The smallest absolute Gasteiger partial charge is 0.358 e. The van der Waals surface area contributed by atoms with E-state index in [1.54, 1.807) is 17.9 Å². The number of carbonyl (C=O) groups excluding carboxylic acids is 1. The van der Waals surface area contributed by atoms with Crippen LogP contribution in [0.3, 0.4) is 0 Å². The Kier molecular flexibility index (Phi) is 3.73. The van der Waals surface area contributed by atoms with Crippen LogP contribution < -0.4 is 0 Å². The first-order valence-electron chi connectivity index (χ1n) is 8.03. The zero-order valence-electron chi connectivity index (χ0n) is 13.0. The lowest BCUT2D eigenvalue weighted by Crippen LogP contribution is -2.63. The minimum atomic E-state index is -0.331. The molecular weight excluding hydrogens is 314 g/mol. The molecule has 23 heavy (non-hydrogen) atoms. The van der Waals surface area contributed by atoms with Gasteiger partial charge in [-0.05, 0) is 25.8 Å². The fourth-order valence-electron chi connectivity index (χ4n) is 3.62. The molecule has 4 rings (SSSR count). The van der Waals surface area contributed by atoms with Crippen molar-refractivity contribution in [3.8, 4) is 10.6 Å². The Balaban J connectivity index is 1.43. The molecule has 1 spiro atoms. The Morgan fingerprint density at radius 3 is 3.00 bits per heavy atom. The monoisotopic (exact) mass is 333 g/mol. The van der Waals surface area contributed by atoms with Gasteiger partial charge in [0.15, 0.2) is 5.69 Å². The molecule has 122 valence electrons. The van der Waals surface area contributed by atoms with Crippen molar-refractivity contribution in [2.24, 2.45) is 5.41 Å². The predicted molar refractivity (Wildman–Crippen MR) is 85.3 cm³/mol. The van der Waals surface area contributed by atoms with E-state index in [-0.39, 0.29) is 23.6 Å². The first-order valence-corrected chi connectivity index (χ1v) is 8.91. The van der Waals surface area contributed by atoms with E-state index in [9.17, 15) is 4.79 Å². The summed E-state index contributed by atoms with van der Waals surface area (Å²) in [4.78, 5) is 16.7. The van der Waals surface area contributed by atoms with E-state index in [4.69, 9.17) is 13.9 Å². The van der Waals surface area contributed by atoms with Crippen molar-refractivity contribution in [1.29, 1.82) is 0 Å². The zero-order chi connectivity index (χ0) is 15.9.